The quantitative estimate of drug-likeness (QED) is 0.0416. The number of hydrogen-bond donors (Lipinski definition) is 4. The number of rotatable bonds is 27. The second-order valence-corrected chi connectivity index (χ2v) is 15.2. The van der Waals surface area contributed by atoms with Crippen molar-refractivity contribution >= 4 is 26.5 Å². The number of carbonyl (C=O) groups is 3. The van der Waals surface area contributed by atoms with E-state index in [1.54, 1.807) is 6.92 Å². The largest absolute Gasteiger partial charge is 0.500 e. The molecule has 0 aromatic carbocycles. The Balaban J connectivity index is 2.29. The molecule has 12 heteroatoms. The van der Waals surface area contributed by atoms with E-state index in [9.17, 15) is 14.4 Å². The molecular formula is C34H67N5O6Si. The van der Waals surface area contributed by atoms with Gasteiger partial charge in [0.1, 0.15) is 5.78 Å². The molecule has 46 heavy (non-hydrogen) atoms. The van der Waals surface area contributed by atoms with Gasteiger partial charge in [0.05, 0.1) is 6.17 Å². The minimum absolute atomic E-state index is 0.179. The second-order valence-electron chi connectivity index (χ2n) is 12.5. The number of carbonyl (C=O) groups excluding carboxylic acids is 3. The summed E-state index contributed by atoms with van der Waals surface area (Å²) in [6.45, 7) is 16.3. The van der Waals surface area contributed by atoms with Gasteiger partial charge in [0.15, 0.2) is 0 Å². The lowest BCUT2D eigenvalue weighted by Crippen LogP contribution is -2.50. The van der Waals surface area contributed by atoms with E-state index in [2.05, 4.69) is 34.3 Å². The van der Waals surface area contributed by atoms with Crippen LogP contribution in [0.3, 0.4) is 0 Å². The van der Waals surface area contributed by atoms with Crippen LogP contribution in [0.5, 0.6) is 0 Å². The zero-order valence-corrected chi connectivity index (χ0v) is 31.1. The Kier molecular flexibility index (Phi) is 23.1. The number of unbranched alkanes of at least 4 members (excludes halogenated alkanes) is 4. The number of ketones is 1. The van der Waals surface area contributed by atoms with Gasteiger partial charge in [0, 0.05) is 70.9 Å². The van der Waals surface area contributed by atoms with Crippen molar-refractivity contribution in [3.05, 3.63) is 11.6 Å². The van der Waals surface area contributed by atoms with Crippen LogP contribution in [0.15, 0.2) is 11.6 Å². The fourth-order valence-electron chi connectivity index (χ4n) is 6.03. The maximum absolute atomic E-state index is 13.0. The van der Waals surface area contributed by atoms with Crippen molar-refractivity contribution in [2.24, 2.45) is 11.8 Å². The van der Waals surface area contributed by atoms with Gasteiger partial charge in [0.2, 0.25) is 5.91 Å². The molecule has 4 N–H and O–H groups in total. The Morgan fingerprint density at radius 2 is 1.57 bits per heavy atom. The number of likely N-dealkylation sites (N-methyl/N-ethyl adjacent to an activating group) is 1. The molecule has 0 saturated heterocycles. The smallest absolute Gasteiger partial charge is 0.374 e. The number of urea groups is 1. The van der Waals surface area contributed by atoms with Crippen molar-refractivity contribution < 1.29 is 27.7 Å². The van der Waals surface area contributed by atoms with Gasteiger partial charge in [-0.15, -0.1) is 0 Å². The lowest BCUT2D eigenvalue weighted by atomic mass is 9.80. The van der Waals surface area contributed by atoms with Crippen molar-refractivity contribution in [3.8, 4) is 0 Å². The van der Waals surface area contributed by atoms with Crippen LogP contribution in [0.25, 0.3) is 0 Å². The predicted octanol–water partition coefficient (Wildman–Crippen LogP) is 5.00. The van der Waals surface area contributed by atoms with Gasteiger partial charge in [0.25, 0.3) is 0 Å². The maximum atomic E-state index is 13.0. The molecule has 1 rings (SSSR count). The first kappa shape index (κ1) is 42.2. The molecule has 3 atom stereocenters. The lowest BCUT2D eigenvalue weighted by Gasteiger charge is -2.28. The molecule has 1 aliphatic carbocycles. The molecule has 0 aliphatic heterocycles. The monoisotopic (exact) mass is 669 g/mol. The number of nitrogens with one attached hydrogen (secondary N) is 4. The summed E-state index contributed by atoms with van der Waals surface area (Å²) in [4.78, 5) is 39.1. The van der Waals surface area contributed by atoms with Crippen LogP contribution < -0.4 is 21.3 Å². The average Bonchev–Trinajstić information content (AvgIpc) is 3.00. The molecular weight excluding hydrogens is 602 g/mol. The molecule has 0 spiro atoms. The molecule has 0 fully saturated rings. The van der Waals surface area contributed by atoms with E-state index in [0.717, 1.165) is 57.9 Å². The van der Waals surface area contributed by atoms with Crippen molar-refractivity contribution in [3.63, 3.8) is 0 Å². The number of Topliss-reactive ketones (excluding diaryl/α,β-unsaturated/α-hetero) is 1. The highest BCUT2D eigenvalue weighted by molar-refractivity contribution is 6.60. The first-order chi connectivity index (χ1) is 22.1. The zero-order chi connectivity index (χ0) is 34.2. The molecule has 0 radical (unpaired) electrons. The first-order valence-electron chi connectivity index (χ1n) is 17.9. The number of hydrogen-bond acceptors (Lipinski definition) is 8. The summed E-state index contributed by atoms with van der Waals surface area (Å²) in [6, 6.07) is 0.402. The molecule has 3 unspecified atom stereocenters. The Morgan fingerprint density at radius 1 is 0.935 bits per heavy atom. The normalized spacial score (nSPS) is 17.3. The Hall–Kier alpha value is -1.83. The highest BCUT2D eigenvalue weighted by atomic mass is 28.4. The Bertz CT molecular complexity index is 875. The Labute approximate surface area is 281 Å². The van der Waals surface area contributed by atoms with E-state index < -0.39 is 8.80 Å². The molecule has 0 heterocycles. The molecule has 3 amide bonds. The van der Waals surface area contributed by atoms with E-state index in [0.29, 0.717) is 76.6 Å². The van der Waals surface area contributed by atoms with E-state index in [1.165, 1.54) is 5.57 Å². The van der Waals surface area contributed by atoms with E-state index in [1.807, 2.05) is 39.6 Å². The van der Waals surface area contributed by atoms with Crippen LogP contribution in [-0.2, 0) is 22.9 Å². The Morgan fingerprint density at radius 3 is 2.20 bits per heavy atom. The standard InChI is InChI=1S/C34H67N5O6Si/c1-8-43-46(44-9-2,45-10-3)24-16-19-37-34(42)38-30(6)36-21-23-39(22-20-35-7)33(41)18-15-13-11-12-14-17-31-25-28(4)26-32(27-31)29(5)40/h25,28,30,32,35-36H,8-24,26-27H2,1-7H3,(H2,37,38,42). The topological polar surface area (TPSA) is 130 Å². The van der Waals surface area contributed by atoms with Gasteiger partial charge in [-0.3, -0.25) is 14.9 Å². The van der Waals surface area contributed by atoms with Crippen LogP contribution in [0.4, 0.5) is 4.79 Å². The van der Waals surface area contributed by atoms with Gasteiger partial charge in [-0.1, -0.05) is 37.8 Å². The van der Waals surface area contributed by atoms with E-state index in [-0.39, 0.29) is 24.0 Å². The van der Waals surface area contributed by atoms with Crippen molar-refractivity contribution in [1.29, 1.82) is 0 Å². The van der Waals surface area contributed by atoms with Crippen LogP contribution >= 0.6 is 0 Å². The number of allylic oxidation sites excluding steroid dienone is 2. The summed E-state index contributed by atoms with van der Waals surface area (Å²) in [7, 11) is -0.817. The fraction of sp³-hybridized carbons (Fsp3) is 0.853. The van der Waals surface area contributed by atoms with Crippen LogP contribution in [0.1, 0.15) is 106 Å². The molecule has 0 bridgehead atoms. The van der Waals surface area contributed by atoms with Crippen LogP contribution in [-0.4, -0.2) is 97.2 Å². The fourth-order valence-corrected chi connectivity index (χ4v) is 8.64. The van der Waals surface area contributed by atoms with Gasteiger partial charge in [-0.25, -0.2) is 4.79 Å². The summed E-state index contributed by atoms with van der Waals surface area (Å²) in [5, 5.41) is 12.3. The minimum Gasteiger partial charge on any atom is -0.374 e. The molecule has 11 nitrogen and oxygen atoms in total. The van der Waals surface area contributed by atoms with Gasteiger partial charge >= 0.3 is 14.8 Å². The average molecular weight is 670 g/mol. The lowest BCUT2D eigenvalue weighted by molar-refractivity contribution is -0.131. The second kappa shape index (κ2) is 25.2. The summed E-state index contributed by atoms with van der Waals surface area (Å²) in [5.41, 5.74) is 1.45. The third-order valence-electron chi connectivity index (χ3n) is 8.35. The first-order valence-corrected chi connectivity index (χ1v) is 19.8. The van der Waals surface area contributed by atoms with E-state index in [4.69, 9.17) is 13.3 Å². The van der Waals surface area contributed by atoms with Crippen molar-refractivity contribution in [2.75, 3.05) is 59.6 Å². The third-order valence-corrected chi connectivity index (χ3v) is 11.5. The molecule has 0 aromatic heterocycles. The zero-order valence-electron chi connectivity index (χ0n) is 30.1. The van der Waals surface area contributed by atoms with E-state index >= 15 is 0 Å². The highest BCUT2D eigenvalue weighted by Gasteiger charge is 2.39. The maximum Gasteiger partial charge on any atom is 0.500 e. The highest BCUT2D eigenvalue weighted by Crippen LogP contribution is 2.31. The molecule has 1 aliphatic rings. The van der Waals surface area contributed by atoms with Gasteiger partial charge < -0.3 is 34.1 Å². The van der Waals surface area contributed by atoms with Crippen molar-refractivity contribution in [1.82, 2.24) is 26.2 Å². The summed E-state index contributed by atoms with van der Waals surface area (Å²) >= 11 is 0. The van der Waals surface area contributed by atoms with Gasteiger partial charge in [-0.2, -0.15) is 0 Å². The van der Waals surface area contributed by atoms with Crippen molar-refractivity contribution in [2.45, 2.75) is 118 Å². The minimum atomic E-state index is -2.71. The molecule has 0 saturated carbocycles. The summed E-state index contributed by atoms with van der Waals surface area (Å²) in [5.74, 6) is 1.21. The number of amides is 3. The molecule has 268 valence electrons. The summed E-state index contributed by atoms with van der Waals surface area (Å²) < 4.78 is 17.6. The van der Waals surface area contributed by atoms with Crippen LogP contribution in [0.2, 0.25) is 6.04 Å². The SMILES string of the molecule is CCO[Si](CCCNC(=O)NC(C)NCCN(CCNC)C(=O)CCCCCCCC1=CC(C)CC(C(C)=O)C1)(OCC)OCC. The summed E-state index contributed by atoms with van der Waals surface area (Å²) in [6.07, 6.45) is 11.8. The number of nitrogens with zero attached hydrogens (tertiary/aromatic N) is 1. The third kappa shape index (κ3) is 18.5. The predicted molar refractivity (Wildman–Crippen MR) is 188 cm³/mol. The van der Waals surface area contributed by atoms with Gasteiger partial charge in [-0.05, 0) is 86.1 Å². The van der Waals surface area contributed by atoms with Crippen LogP contribution in [0, 0.1) is 11.8 Å². The molecule has 0 aromatic rings.